The van der Waals surface area contributed by atoms with E-state index in [9.17, 15) is 0 Å². The minimum Gasteiger partial charge on any atom is -0.201 e. The molecular weight excluding hydrogens is 971 g/mol. The van der Waals surface area contributed by atoms with Crippen LogP contribution in [0.3, 0.4) is 0 Å². The van der Waals surface area contributed by atoms with Crippen molar-refractivity contribution in [3.8, 4) is 56.3 Å². The van der Waals surface area contributed by atoms with Crippen LogP contribution in [0.5, 0.6) is 0 Å². The number of hydrogen-bond donors (Lipinski definition) is 0. The predicted octanol–water partition coefficient (Wildman–Crippen LogP) is 15.5. The van der Waals surface area contributed by atoms with E-state index in [0.717, 1.165) is 16.8 Å². The fourth-order valence-corrected chi connectivity index (χ4v) is 10.1. The fraction of sp³-hybridized carbons (Fsp3) is 0.267. The first-order valence-corrected chi connectivity index (χ1v) is 27.8. The largest absolute Gasteiger partial charge is 0.213 e. The van der Waals surface area contributed by atoms with Gasteiger partial charge in [0.05, 0.1) is 11.1 Å². The van der Waals surface area contributed by atoms with Crippen LogP contribution < -0.4 is 22.8 Å². The third-order valence-electron chi connectivity index (χ3n) is 14.8. The Morgan fingerprint density at radius 1 is 0.237 bits per heavy atom. The Hall–Kier alpha value is -8.15. The highest BCUT2D eigenvalue weighted by atomic mass is 14.9. The van der Waals surface area contributed by atoms with Crippen molar-refractivity contribution >= 4 is 0 Å². The number of aryl methyl sites for hydroxylation is 20. The van der Waals surface area contributed by atoms with Crippen LogP contribution in [0.25, 0.3) is 56.3 Å². The third-order valence-corrected chi connectivity index (χ3v) is 14.8. The van der Waals surface area contributed by atoms with Gasteiger partial charge in [-0.3, -0.25) is 0 Å². The predicted molar refractivity (Wildman–Crippen MR) is 336 cm³/mol. The summed E-state index contributed by atoms with van der Waals surface area (Å²) in [5, 5.41) is 0. The average molecular weight is 1060 g/mol. The Morgan fingerprint density at radius 2 is 0.512 bits per heavy atom. The van der Waals surface area contributed by atoms with Gasteiger partial charge in [0.15, 0.2) is 31.0 Å². The van der Waals surface area contributed by atoms with Gasteiger partial charge in [-0.2, -0.15) is 0 Å². The number of pyridine rings is 5. The zero-order valence-electron chi connectivity index (χ0n) is 54.6. The van der Waals surface area contributed by atoms with E-state index in [-0.39, 0.29) is 0 Å². The van der Waals surface area contributed by atoms with Crippen molar-refractivity contribution in [2.45, 2.75) is 104 Å². The van der Waals surface area contributed by atoms with E-state index in [2.05, 4.69) is 295 Å². The highest BCUT2D eigenvalue weighted by molar-refractivity contribution is 5.67. The van der Waals surface area contributed by atoms with Crippen molar-refractivity contribution in [1.29, 1.82) is 0 Å². The van der Waals surface area contributed by atoms with E-state index in [0.29, 0.717) is 5.56 Å². The van der Waals surface area contributed by atoms with Crippen LogP contribution in [0.1, 0.15) is 87.6 Å². The first-order valence-electron chi connectivity index (χ1n) is 29.3. The Kier molecular flexibility index (Phi) is 19.5. The lowest BCUT2D eigenvalue weighted by atomic mass is 9.98. The molecular formula is C75H90N5+5. The molecule has 0 saturated carbocycles. The van der Waals surface area contributed by atoms with E-state index in [4.69, 9.17) is 4.11 Å². The molecule has 10 aromatic rings. The van der Waals surface area contributed by atoms with Crippen molar-refractivity contribution in [3.05, 3.63) is 266 Å². The van der Waals surface area contributed by atoms with Gasteiger partial charge >= 0.3 is 0 Å². The first-order chi connectivity index (χ1) is 39.1. The highest BCUT2D eigenvalue weighted by Gasteiger charge is 2.18. The van der Waals surface area contributed by atoms with Crippen LogP contribution in [0.2, 0.25) is 0 Å². The van der Waals surface area contributed by atoms with Crippen molar-refractivity contribution in [3.63, 3.8) is 0 Å². The summed E-state index contributed by atoms with van der Waals surface area (Å²) in [6.07, 6.45) is 10.5. The summed E-state index contributed by atoms with van der Waals surface area (Å²) in [4.78, 5) is 0. The van der Waals surface area contributed by atoms with Gasteiger partial charge in [0, 0.05) is 81.5 Å². The standard InChI is InChI=1S/5C15H18N/c1-11-5-6-14(13(3)9-11)15-10-12(2)7-8-16(15)4;2*1-11-5-6-13(3)14(9-11)15-10-12(2)7-8-16(15)4;2*1-11-8-9-16(4)14(10-11)15-12(2)6-5-7-13(15)3/h5*5-10H,1-4H3/q5*+1/i1D3;;;;. The molecule has 0 fully saturated rings. The summed E-state index contributed by atoms with van der Waals surface area (Å²) in [7, 11) is 10.4. The topological polar surface area (TPSA) is 19.4 Å². The summed E-state index contributed by atoms with van der Waals surface area (Å²) in [5.74, 6) is 0. The van der Waals surface area contributed by atoms with Crippen molar-refractivity contribution in [2.75, 3.05) is 0 Å². The summed E-state index contributed by atoms with van der Waals surface area (Å²) in [6, 6.07) is 53.1. The molecule has 0 saturated heterocycles. The minimum absolute atomic E-state index is 0.393. The van der Waals surface area contributed by atoms with E-state index >= 15 is 0 Å². The summed E-state index contributed by atoms with van der Waals surface area (Å²) in [6.45, 7) is 27.8. The molecule has 410 valence electrons. The molecule has 5 heteroatoms. The number of aromatic nitrogens is 5. The Bertz CT molecular complexity index is 3570. The second-order valence-corrected chi connectivity index (χ2v) is 22.2. The number of rotatable bonds is 5. The molecule has 80 heavy (non-hydrogen) atoms. The van der Waals surface area contributed by atoms with Gasteiger partial charge in [0.1, 0.15) is 35.2 Å². The third kappa shape index (κ3) is 16.0. The Balaban J connectivity index is 0.000000167. The SMILES string of the molecule is Cc1cc[n+](C)c(-c2c(C)cccc2C)c1.Cc1cc[n+](C)c(-c2c(C)cccc2C)c1.Cc1ccc(C)c(-c2cc(C)cc[n+]2C)c1.Cc1ccc(C)c(-c2cc(C)cc[n+]2C)c1.[2H]C([2H])([2H])c1ccc(-c2cc(C)cc[n+]2C)c(C)c1. The monoisotopic (exact) mass is 1060 g/mol. The molecule has 0 atom stereocenters. The first kappa shape index (κ1) is 56.6. The van der Waals surface area contributed by atoms with E-state index < -0.39 is 6.85 Å². The second kappa shape index (κ2) is 27.6. The van der Waals surface area contributed by atoms with E-state index in [1.807, 2.05) is 30.8 Å². The zero-order chi connectivity index (χ0) is 61.0. The highest BCUT2D eigenvalue weighted by Crippen LogP contribution is 2.28. The molecule has 0 N–H and O–H groups in total. The van der Waals surface area contributed by atoms with E-state index in [1.54, 1.807) is 12.1 Å². The maximum atomic E-state index is 7.45. The quantitative estimate of drug-likeness (QED) is 0.153. The molecule has 5 heterocycles. The van der Waals surface area contributed by atoms with Gasteiger partial charge < -0.3 is 0 Å². The molecule has 0 radical (unpaired) electrons. The maximum absolute atomic E-state index is 7.45. The molecule has 0 unspecified atom stereocenters. The van der Waals surface area contributed by atoms with Crippen LogP contribution in [-0.2, 0) is 35.2 Å². The van der Waals surface area contributed by atoms with Gasteiger partial charge in [-0.05, 0) is 189 Å². The van der Waals surface area contributed by atoms with Gasteiger partial charge in [-0.1, -0.05) is 89.5 Å². The van der Waals surface area contributed by atoms with Crippen molar-refractivity contribution < 1.29 is 26.9 Å². The summed E-state index contributed by atoms with van der Waals surface area (Å²) >= 11 is 0. The summed E-state index contributed by atoms with van der Waals surface area (Å²) < 4.78 is 33.1. The summed E-state index contributed by atoms with van der Waals surface area (Å²) in [5.41, 5.74) is 31.0. The molecule has 0 amide bonds. The lowest BCUT2D eigenvalue weighted by Gasteiger charge is -2.08. The smallest absolute Gasteiger partial charge is 0.201 e. The van der Waals surface area contributed by atoms with Crippen molar-refractivity contribution in [2.24, 2.45) is 35.2 Å². The van der Waals surface area contributed by atoms with Gasteiger partial charge in [0.2, 0.25) is 28.5 Å². The van der Waals surface area contributed by atoms with Crippen molar-refractivity contribution in [1.82, 2.24) is 0 Å². The molecule has 5 nitrogen and oxygen atoms in total. The van der Waals surface area contributed by atoms with Crippen LogP contribution >= 0.6 is 0 Å². The Morgan fingerprint density at radius 3 is 0.825 bits per heavy atom. The molecule has 10 rings (SSSR count). The van der Waals surface area contributed by atoms with Crippen LogP contribution in [0.4, 0.5) is 0 Å². The zero-order valence-corrected chi connectivity index (χ0v) is 51.6. The van der Waals surface area contributed by atoms with Gasteiger partial charge in [-0.25, -0.2) is 22.8 Å². The van der Waals surface area contributed by atoms with Crippen LogP contribution in [0.15, 0.2) is 183 Å². The van der Waals surface area contributed by atoms with Gasteiger partial charge in [-0.15, -0.1) is 0 Å². The van der Waals surface area contributed by atoms with Crippen LogP contribution in [0, 0.1) is 104 Å². The maximum Gasteiger partial charge on any atom is 0.213 e. The average Bonchev–Trinajstić information content (AvgIpc) is 3.60. The minimum atomic E-state index is -2.04. The molecule has 5 aromatic carbocycles. The molecule has 0 bridgehead atoms. The molecule has 0 aliphatic carbocycles. The number of hydrogen-bond acceptors (Lipinski definition) is 0. The fourth-order valence-electron chi connectivity index (χ4n) is 10.1. The molecule has 0 aliphatic rings. The second-order valence-electron chi connectivity index (χ2n) is 22.2. The van der Waals surface area contributed by atoms with Crippen LogP contribution in [-0.4, -0.2) is 0 Å². The Labute approximate surface area is 486 Å². The van der Waals surface area contributed by atoms with E-state index in [1.165, 1.54) is 117 Å². The molecule has 0 spiro atoms. The lowest BCUT2D eigenvalue weighted by Crippen LogP contribution is -2.30. The molecule has 0 aliphatic heterocycles. The lowest BCUT2D eigenvalue weighted by molar-refractivity contribution is -0.660. The number of benzene rings is 5. The molecule has 5 aromatic heterocycles. The normalized spacial score (nSPS) is 11.2. The van der Waals surface area contributed by atoms with Gasteiger partial charge in [0.25, 0.3) is 0 Å². The number of nitrogens with zero attached hydrogens (tertiary/aromatic N) is 5.